The molecular formula is C10H20F3N3O2. The van der Waals surface area contributed by atoms with Gasteiger partial charge in [-0.2, -0.15) is 13.2 Å². The Morgan fingerprint density at radius 3 is 2.44 bits per heavy atom. The van der Waals surface area contributed by atoms with Crippen molar-refractivity contribution in [1.82, 2.24) is 10.2 Å². The first-order valence-electron chi connectivity index (χ1n) is 5.48. The van der Waals surface area contributed by atoms with Gasteiger partial charge in [-0.05, 0) is 14.0 Å². The highest BCUT2D eigenvalue weighted by Gasteiger charge is 2.44. The summed E-state index contributed by atoms with van der Waals surface area (Å²) in [6, 6.07) is -2.95. The number of likely N-dealkylation sites (N-methyl/N-ethyl adjacent to an activating group) is 1. The molecule has 0 fully saturated rings. The third-order valence-corrected chi connectivity index (χ3v) is 2.33. The zero-order valence-corrected chi connectivity index (χ0v) is 10.8. The molecule has 1 amide bonds. The number of nitrogens with two attached hydrogens (primary N) is 1. The normalized spacial score (nSPS) is 15.6. The van der Waals surface area contributed by atoms with Gasteiger partial charge in [0, 0.05) is 19.7 Å². The lowest BCUT2D eigenvalue weighted by molar-refractivity contribution is -0.185. The SMILES string of the molecule is COCCNC(=O)CN(C)C(C(C)N)C(F)(F)F. The van der Waals surface area contributed by atoms with E-state index in [1.54, 1.807) is 0 Å². The Hall–Kier alpha value is -0.860. The molecule has 0 aliphatic carbocycles. The summed E-state index contributed by atoms with van der Waals surface area (Å²) in [4.78, 5) is 12.3. The molecule has 0 aliphatic heterocycles. The molecule has 0 bridgehead atoms. The number of alkyl halides is 3. The summed E-state index contributed by atoms with van der Waals surface area (Å²) in [5.74, 6) is -0.496. The van der Waals surface area contributed by atoms with E-state index < -0.39 is 24.2 Å². The van der Waals surface area contributed by atoms with Crippen molar-refractivity contribution in [3.05, 3.63) is 0 Å². The van der Waals surface area contributed by atoms with E-state index in [1.807, 2.05) is 0 Å². The van der Waals surface area contributed by atoms with E-state index in [-0.39, 0.29) is 13.1 Å². The van der Waals surface area contributed by atoms with E-state index in [2.05, 4.69) is 5.32 Å². The number of carbonyl (C=O) groups is 1. The predicted octanol–water partition coefficient (Wildman–Crippen LogP) is -0.0411. The van der Waals surface area contributed by atoms with Crippen LogP contribution in [-0.2, 0) is 9.53 Å². The molecule has 18 heavy (non-hydrogen) atoms. The summed E-state index contributed by atoms with van der Waals surface area (Å²) in [5.41, 5.74) is 5.31. The van der Waals surface area contributed by atoms with Crippen molar-refractivity contribution in [2.75, 3.05) is 33.9 Å². The summed E-state index contributed by atoms with van der Waals surface area (Å²) >= 11 is 0. The first kappa shape index (κ1) is 17.1. The standard InChI is InChI=1S/C10H20F3N3O2/c1-7(14)9(10(11,12)13)16(2)6-8(17)15-4-5-18-3/h7,9H,4-6,14H2,1-3H3,(H,15,17). The van der Waals surface area contributed by atoms with Crippen LogP contribution < -0.4 is 11.1 Å². The molecule has 0 aliphatic rings. The number of hydrogen-bond donors (Lipinski definition) is 2. The predicted molar refractivity (Wildman–Crippen MR) is 61.0 cm³/mol. The molecule has 0 radical (unpaired) electrons. The molecule has 8 heteroatoms. The zero-order chi connectivity index (χ0) is 14.3. The van der Waals surface area contributed by atoms with E-state index in [1.165, 1.54) is 21.1 Å². The van der Waals surface area contributed by atoms with Crippen molar-refractivity contribution in [1.29, 1.82) is 0 Å². The number of halogens is 3. The van der Waals surface area contributed by atoms with Crippen molar-refractivity contribution >= 4 is 5.91 Å². The summed E-state index contributed by atoms with van der Waals surface area (Å²) in [6.07, 6.45) is -4.46. The summed E-state index contributed by atoms with van der Waals surface area (Å²) in [6.45, 7) is 1.47. The van der Waals surface area contributed by atoms with E-state index in [4.69, 9.17) is 10.5 Å². The Kier molecular flexibility index (Phi) is 7.19. The van der Waals surface area contributed by atoms with Gasteiger partial charge in [-0.3, -0.25) is 9.69 Å². The molecule has 3 N–H and O–H groups in total. The lowest BCUT2D eigenvalue weighted by atomic mass is 10.1. The van der Waals surface area contributed by atoms with Crippen molar-refractivity contribution in [2.45, 2.75) is 25.2 Å². The van der Waals surface area contributed by atoms with E-state index in [0.29, 0.717) is 6.61 Å². The minimum absolute atomic E-state index is 0.262. The Balaban J connectivity index is 4.35. The van der Waals surface area contributed by atoms with Crippen molar-refractivity contribution in [2.24, 2.45) is 5.73 Å². The van der Waals surface area contributed by atoms with Crippen LogP contribution in [0.4, 0.5) is 13.2 Å². The summed E-state index contributed by atoms with van der Waals surface area (Å²) in [7, 11) is 2.69. The maximum atomic E-state index is 12.7. The van der Waals surface area contributed by atoms with E-state index in [9.17, 15) is 18.0 Å². The number of rotatable bonds is 7. The molecule has 0 saturated carbocycles. The first-order valence-corrected chi connectivity index (χ1v) is 5.48. The van der Waals surface area contributed by atoms with Gasteiger partial charge in [0.05, 0.1) is 13.2 Å². The van der Waals surface area contributed by atoms with Gasteiger partial charge < -0.3 is 15.8 Å². The van der Waals surface area contributed by atoms with Gasteiger partial charge in [0.25, 0.3) is 0 Å². The van der Waals surface area contributed by atoms with Gasteiger partial charge in [-0.1, -0.05) is 0 Å². The molecule has 0 saturated heterocycles. The second-order valence-electron chi connectivity index (χ2n) is 4.10. The van der Waals surface area contributed by atoms with Crippen molar-refractivity contribution in [3.8, 4) is 0 Å². The van der Waals surface area contributed by atoms with Crippen LogP contribution in [0.1, 0.15) is 6.92 Å². The lowest BCUT2D eigenvalue weighted by Gasteiger charge is -2.32. The molecule has 0 aromatic heterocycles. The fraction of sp³-hybridized carbons (Fsp3) is 0.900. The fourth-order valence-corrected chi connectivity index (χ4v) is 1.62. The molecular weight excluding hydrogens is 251 g/mol. The Morgan fingerprint density at radius 2 is 2.06 bits per heavy atom. The second kappa shape index (κ2) is 7.55. The Morgan fingerprint density at radius 1 is 1.50 bits per heavy atom. The van der Waals surface area contributed by atoms with E-state index in [0.717, 1.165) is 4.90 Å². The molecule has 0 heterocycles. The van der Waals surface area contributed by atoms with E-state index >= 15 is 0 Å². The number of nitrogens with one attached hydrogen (secondary N) is 1. The number of hydrogen-bond acceptors (Lipinski definition) is 4. The highest BCUT2D eigenvalue weighted by molar-refractivity contribution is 5.78. The smallest absolute Gasteiger partial charge is 0.383 e. The lowest BCUT2D eigenvalue weighted by Crippen LogP contribution is -2.55. The number of nitrogens with zero attached hydrogens (tertiary/aromatic N) is 1. The van der Waals surface area contributed by atoms with Gasteiger partial charge in [0.15, 0.2) is 0 Å². The number of ether oxygens (including phenoxy) is 1. The van der Waals surface area contributed by atoms with Crippen LogP contribution in [0.25, 0.3) is 0 Å². The quantitative estimate of drug-likeness (QED) is 0.638. The third kappa shape index (κ3) is 6.18. The molecule has 0 aromatic rings. The Labute approximate surface area is 104 Å². The topological polar surface area (TPSA) is 67.6 Å². The molecule has 108 valence electrons. The van der Waals surface area contributed by atoms with Gasteiger partial charge in [0.1, 0.15) is 6.04 Å². The molecule has 2 atom stereocenters. The average molecular weight is 271 g/mol. The summed E-state index contributed by atoms with van der Waals surface area (Å²) in [5, 5.41) is 2.45. The van der Waals surface area contributed by atoms with Crippen molar-refractivity contribution < 1.29 is 22.7 Å². The van der Waals surface area contributed by atoms with Crippen LogP contribution in [0.3, 0.4) is 0 Å². The van der Waals surface area contributed by atoms with Gasteiger partial charge in [-0.15, -0.1) is 0 Å². The van der Waals surface area contributed by atoms with Crippen LogP contribution in [0, 0.1) is 0 Å². The van der Waals surface area contributed by atoms with Gasteiger partial charge in [-0.25, -0.2) is 0 Å². The number of carbonyl (C=O) groups excluding carboxylic acids is 1. The maximum absolute atomic E-state index is 12.7. The maximum Gasteiger partial charge on any atom is 0.405 e. The zero-order valence-electron chi connectivity index (χ0n) is 10.8. The number of methoxy groups -OCH3 is 1. The molecule has 2 unspecified atom stereocenters. The fourth-order valence-electron chi connectivity index (χ4n) is 1.62. The van der Waals surface area contributed by atoms with Gasteiger partial charge >= 0.3 is 6.18 Å². The summed E-state index contributed by atoms with van der Waals surface area (Å²) < 4.78 is 42.8. The molecule has 0 rings (SSSR count). The minimum Gasteiger partial charge on any atom is -0.383 e. The van der Waals surface area contributed by atoms with Gasteiger partial charge in [0.2, 0.25) is 5.91 Å². The highest BCUT2D eigenvalue weighted by Crippen LogP contribution is 2.25. The number of amides is 1. The van der Waals surface area contributed by atoms with Crippen LogP contribution in [0.5, 0.6) is 0 Å². The first-order chi connectivity index (χ1) is 8.20. The molecule has 0 spiro atoms. The van der Waals surface area contributed by atoms with Crippen LogP contribution in [0.2, 0.25) is 0 Å². The molecule has 0 aromatic carbocycles. The Bertz CT molecular complexity index is 259. The monoisotopic (exact) mass is 271 g/mol. The third-order valence-electron chi connectivity index (χ3n) is 2.33. The second-order valence-corrected chi connectivity index (χ2v) is 4.10. The van der Waals surface area contributed by atoms with Crippen LogP contribution in [-0.4, -0.2) is 62.9 Å². The molecule has 5 nitrogen and oxygen atoms in total. The minimum atomic E-state index is -4.46. The highest BCUT2D eigenvalue weighted by atomic mass is 19.4. The van der Waals surface area contributed by atoms with Crippen molar-refractivity contribution in [3.63, 3.8) is 0 Å². The van der Waals surface area contributed by atoms with Crippen LogP contribution in [0.15, 0.2) is 0 Å². The average Bonchev–Trinajstić information content (AvgIpc) is 2.14. The largest absolute Gasteiger partial charge is 0.405 e. The van der Waals surface area contributed by atoms with Crippen LogP contribution >= 0.6 is 0 Å².